The lowest BCUT2D eigenvalue weighted by atomic mass is 10.2. The van der Waals surface area contributed by atoms with E-state index in [0.29, 0.717) is 0 Å². The summed E-state index contributed by atoms with van der Waals surface area (Å²) in [5.41, 5.74) is 2.37. The molecule has 3 nitrogen and oxygen atoms in total. The Balaban J connectivity index is 2.16. The lowest BCUT2D eigenvalue weighted by Crippen LogP contribution is -1.96. The second kappa shape index (κ2) is 6.07. The van der Waals surface area contributed by atoms with Gasteiger partial charge in [0, 0.05) is 24.3 Å². The molecule has 2 rings (SSSR count). The SMILES string of the molecule is CCn1nc(CSCCCO)c2ccccc21. The molecule has 1 heterocycles. The fourth-order valence-electron chi connectivity index (χ4n) is 1.88. The van der Waals surface area contributed by atoms with Gasteiger partial charge in [0.15, 0.2) is 0 Å². The Morgan fingerprint density at radius 2 is 2.18 bits per heavy atom. The zero-order chi connectivity index (χ0) is 12.1. The summed E-state index contributed by atoms with van der Waals surface area (Å²) in [7, 11) is 0. The van der Waals surface area contributed by atoms with Crippen molar-refractivity contribution in [2.45, 2.75) is 25.6 Å². The van der Waals surface area contributed by atoms with E-state index in [4.69, 9.17) is 5.11 Å². The monoisotopic (exact) mass is 250 g/mol. The maximum absolute atomic E-state index is 8.74. The fraction of sp³-hybridized carbons (Fsp3) is 0.462. The second-order valence-electron chi connectivity index (χ2n) is 3.91. The molecule has 0 spiro atoms. The van der Waals surface area contributed by atoms with Gasteiger partial charge in [0.1, 0.15) is 0 Å². The van der Waals surface area contributed by atoms with Crippen LogP contribution in [0.4, 0.5) is 0 Å². The smallest absolute Gasteiger partial charge is 0.0802 e. The molecule has 0 amide bonds. The van der Waals surface area contributed by atoms with E-state index < -0.39 is 0 Å². The number of aromatic nitrogens is 2. The molecule has 92 valence electrons. The molecule has 0 radical (unpaired) electrons. The predicted molar refractivity (Wildman–Crippen MR) is 73.3 cm³/mol. The van der Waals surface area contributed by atoms with Crippen LogP contribution in [0, 0.1) is 0 Å². The van der Waals surface area contributed by atoms with Gasteiger partial charge in [-0.2, -0.15) is 16.9 Å². The summed E-state index contributed by atoms with van der Waals surface area (Å²) in [5.74, 6) is 1.91. The molecule has 1 aromatic carbocycles. The quantitative estimate of drug-likeness (QED) is 0.801. The van der Waals surface area contributed by atoms with E-state index in [-0.39, 0.29) is 6.61 Å². The first kappa shape index (κ1) is 12.5. The van der Waals surface area contributed by atoms with Crippen LogP contribution >= 0.6 is 11.8 Å². The normalized spacial score (nSPS) is 11.2. The van der Waals surface area contributed by atoms with Crippen molar-refractivity contribution in [1.29, 1.82) is 0 Å². The van der Waals surface area contributed by atoms with Gasteiger partial charge in [-0.25, -0.2) is 0 Å². The van der Waals surface area contributed by atoms with Crippen molar-refractivity contribution in [1.82, 2.24) is 9.78 Å². The van der Waals surface area contributed by atoms with Crippen molar-refractivity contribution in [3.63, 3.8) is 0 Å². The third-order valence-electron chi connectivity index (χ3n) is 2.72. The van der Waals surface area contributed by atoms with Gasteiger partial charge in [-0.3, -0.25) is 4.68 Å². The lowest BCUT2D eigenvalue weighted by molar-refractivity contribution is 0.296. The van der Waals surface area contributed by atoms with Crippen LogP contribution in [-0.2, 0) is 12.3 Å². The Hall–Kier alpha value is -1.00. The summed E-state index contributed by atoms with van der Waals surface area (Å²) >= 11 is 1.83. The van der Waals surface area contributed by atoms with E-state index in [0.717, 1.165) is 30.2 Å². The standard InChI is InChI=1S/C13H18N2OS/c1-2-15-13-7-4-3-6-11(13)12(14-15)10-17-9-5-8-16/h3-4,6-7,16H,2,5,8-10H2,1H3. The Morgan fingerprint density at radius 3 is 2.94 bits per heavy atom. The number of hydrogen-bond donors (Lipinski definition) is 1. The molecule has 0 fully saturated rings. The summed E-state index contributed by atoms with van der Waals surface area (Å²) in [6, 6.07) is 8.37. The number of hydrogen-bond acceptors (Lipinski definition) is 3. The van der Waals surface area contributed by atoms with Crippen molar-refractivity contribution in [3.8, 4) is 0 Å². The highest BCUT2D eigenvalue weighted by atomic mass is 32.2. The molecular formula is C13H18N2OS. The fourth-order valence-corrected chi connectivity index (χ4v) is 2.76. The molecule has 0 bridgehead atoms. The summed E-state index contributed by atoms with van der Waals surface area (Å²) < 4.78 is 2.05. The summed E-state index contributed by atoms with van der Waals surface area (Å²) in [4.78, 5) is 0. The van der Waals surface area contributed by atoms with Crippen molar-refractivity contribution in [2.75, 3.05) is 12.4 Å². The van der Waals surface area contributed by atoms with Gasteiger partial charge < -0.3 is 5.11 Å². The van der Waals surface area contributed by atoms with E-state index in [1.165, 1.54) is 10.9 Å². The van der Waals surface area contributed by atoms with Crippen molar-refractivity contribution >= 4 is 22.7 Å². The Bertz CT molecular complexity index is 481. The molecule has 0 aliphatic carbocycles. The van der Waals surface area contributed by atoms with E-state index in [2.05, 4.69) is 41.0 Å². The number of fused-ring (bicyclic) bond motifs is 1. The highest BCUT2D eigenvalue weighted by molar-refractivity contribution is 7.98. The van der Waals surface area contributed by atoms with E-state index in [9.17, 15) is 0 Å². The molecule has 1 N–H and O–H groups in total. The van der Waals surface area contributed by atoms with Gasteiger partial charge in [0.05, 0.1) is 11.2 Å². The highest BCUT2D eigenvalue weighted by Crippen LogP contribution is 2.22. The predicted octanol–water partition coefficient (Wildman–Crippen LogP) is 2.67. The molecule has 0 aliphatic rings. The zero-order valence-electron chi connectivity index (χ0n) is 10.1. The van der Waals surface area contributed by atoms with Gasteiger partial charge in [0.25, 0.3) is 0 Å². The van der Waals surface area contributed by atoms with Crippen LogP contribution in [0.15, 0.2) is 24.3 Å². The molecule has 1 aromatic heterocycles. The number of aryl methyl sites for hydroxylation is 1. The molecule has 0 unspecified atom stereocenters. The first-order valence-electron chi connectivity index (χ1n) is 6.00. The van der Waals surface area contributed by atoms with E-state index >= 15 is 0 Å². The first-order chi connectivity index (χ1) is 8.36. The zero-order valence-corrected chi connectivity index (χ0v) is 10.9. The molecule has 0 saturated heterocycles. The molecule has 0 aliphatic heterocycles. The van der Waals surface area contributed by atoms with Crippen molar-refractivity contribution < 1.29 is 5.11 Å². The third-order valence-corrected chi connectivity index (χ3v) is 3.77. The van der Waals surface area contributed by atoms with Gasteiger partial charge in [-0.1, -0.05) is 18.2 Å². The van der Waals surface area contributed by atoms with Crippen LogP contribution in [0.1, 0.15) is 19.0 Å². The first-order valence-corrected chi connectivity index (χ1v) is 7.15. The van der Waals surface area contributed by atoms with E-state index in [1.54, 1.807) is 0 Å². The van der Waals surface area contributed by atoms with Crippen molar-refractivity contribution in [3.05, 3.63) is 30.0 Å². The van der Waals surface area contributed by atoms with Crippen LogP contribution in [0.2, 0.25) is 0 Å². The number of aliphatic hydroxyl groups excluding tert-OH is 1. The lowest BCUT2D eigenvalue weighted by Gasteiger charge is -1.97. The van der Waals surface area contributed by atoms with Crippen LogP contribution in [0.3, 0.4) is 0 Å². The largest absolute Gasteiger partial charge is 0.396 e. The van der Waals surface area contributed by atoms with Gasteiger partial charge >= 0.3 is 0 Å². The molecule has 2 aromatic rings. The molecule has 17 heavy (non-hydrogen) atoms. The average Bonchev–Trinajstić information content (AvgIpc) is 2.73. The maximum atomic E-state index is 8.74. The van der Waals surface area contributed by atoms with Gasteiger partial charge in [-0.15, -0.1) is 0 Å². The molecule has 4 heteroatoms. The van der Waals surface area contributed by atoms with Gasteiger partial charge in [-0.05, 0) is 25.2 Å². The highest BCUT2D eigenvalue weighted by Gasteiger charge is 2.08. The number of benzene rings is 1. The van der Waals surface area contributed by atoms with Crippen LogP contribution in [0.5, 0.6) is 0 Å². The molecule has 0 atom stereocenters. The van der Waals surface area contributed by atoms with Crippen LogP contribution in [0.25, 0.3) is 10.9 Å². The molecular weight excluding hydrogens is 232 g/mol. The maximum Gasteiger partial charge on any atom is 0.0802 e. The number of thioether (sulfide) groups is 1. The summed E-state index contributed by atoms with van der Waals surface area (Å²) in [5, 5.41) is 14.6. The van der Waals surface area contributed by atoms with Crippen molar-refractivity contribution in [2.24, 2.45) is 0 Å². The third kappa shape index (κ3) is 2.82. The minimum absolute atomic E-state index is 0.275. The Morgan fingerprint density at radius 1 is 1.35 bits per heavy atom. The average molecular weight is 250 g/mol. The minimum atomic E-state index is 0.275. The summed E-state index contributed by atoms with van der Waals surface area (Å²) in [6.07, 6.45) is 0.858. The number of para-hydroxylation sites is 1. The number of nitrogens with zero attached hydrogens (tertiary/aromatic N) is 2. The Labute approximate surface area is 106 Å². The second-order valence-corrected chi connectivity index (χ2v) is 5.01. The summed E-state index contributed by atoms with van der Waals surface area (Å²) in [6.45, 7) is 3.29. The van der Waals surface area contributed by atoms with Crippen LogP contribution < -0.4 is 0 Å². The van der Waals surface area contributed by atoms with E-state index in [1.807, 2.05) is 11.8 Å². The molecule has 0 saturated carbocycles. The minimum Gasteiger partial charge on any atom is -0.396 e. The van der Waals surface area contributed by atoms with Gasteiger partial charge in [0.2, 0.25) is 0 Å². The topological polar surface area (TPSA) is 38.0 Å². The Kier molecular flexibility index (Phi) is 4.45. The number of rotatable bonds is 6. The number of aliphatic hydroxyl groups is 1. The van der Waals surface area contributed by atoms with Crippen LogP contribution in [-0.4, -0.2) is 27.2 Å².